The fraction of sp³-hybridized carbons (Fsp3) is 0.426. The Morgan fingerprint density at radius 2 is 1.74 bits per heavy atom. The van der Waals surface area contributed by atoms with Crippen LogP contribution < -0.4 is 19.3 Å². The fourth-order valence-electron chi connectivity index (χ4n) is 8.73. The summed E-state index contributed by atoms with van der Waals surface area (Å²) in [6.07, 6.45) is 1.97. The van der Waals surface area contributed by atoms with Gasteiger partial charge in [0, 0.05) is 73.7 Å². The molecule has 1 amide bonds. The van der Waals surface area contributed by atoms with Gasteiger partial charge in [-0.3, -0.25) is 20.0 Å². The molecule has 0 spiro atoms. The molecule has 2 aliphatic carbocycles. The van der Waals surface area contributed by atoms with E-state index in [4.69, 9.17) is 15.6 Å². The van der Waals surface area contributed by atoms with Crippen molar-refractivity contribution in [3.63, 3.8) is 0 Å². The highest BCUT2D eigenvalue weighted by Gasteiger charge is 2.42. The Bertz CT molecular complexity index is 3180. The third kappa shape index (κ3) is 10.5. The van der Waals surface area contributed by atoms with Gasteiger partial charge in [0.25, 0.3) is 6.43 Å². The van der Waals surface area contributed by atoms with Crippen LogP contribution in [0.2, 0.25) is 0 Å². The highest BCUT2D eigenvalue weighted by atomic mass is 32.2. The van der Waals surface area contributed by atoms with Gasteiger partial charge in [-0.1, -0.05) is 24.3 Å². The van der Waals surface area contributed by atoms with Gasteiger partial charge >= 0.3 is 6.18 Å². The van der Waals surface area contributed by atoms with Gasteiger partial charge in [-0.05, 0) is 76.8 Å². The zero-order valence-corrected chi connectivity index (χ0v) is 41.4. The second kappa shape index (κ2) is 19.4. The van der Waals surface area contributed by atoms with E-state index in [0.29, 0.717) is 58.1 Å². The molecule has 25 heteroatoms. The molecule has 1 aromatic carbocycles. The average molecular weight is 1040 g/mol. The zero-order valence-electron chi connectivity index (χ0n) is 39.8. The molecule has 72 heavy (non-hydrogen) atoms. The van der Waals surface area contributed by atoms with Gasteiger partial charge < -0.3 is 24.0 Å². The van der Waals surface area contributed by atoms with E-state index in [1.165, 1.54) is 47.2 Å². The first-order valence-corrected chi connectivity index (χ1v) is 25.4. The molecule has 0 unspecified atom stereocenters. The molecule has 380 valence electrons. The first-order chi connectivity index (χ1) is 34.1. The summed E-state index contributed by atoms with van der Waals surface area (Å²) >= 11 is 0.220. The number of pyridine rings is 1. The van der Waals surface area contributed by atoms with E-state index in [0.717, 1.165) is 24.7 Å². The summed E-state index contributed by atoms with van der Waals surface area (Å²) in [5, 5.41) is 14.7. The smallest absolute Gasteiger partial charge is 0.434 e. The van der Waals surface area contributed by atoms with Crippen molar-refractivity contribution in [2.24, 2.45) is 0 Å². The van der Waals surface area contributed by atoms with Crippen molar-refractivity contribution in [2.45, 2.75) is 101 Å². The van der Waals surface area contributed by atoms with Crippen molar-refractivity contribution in [1.82, 2.24) is 48.5 Å². The summed E-state index contributed by atoms with van der Waals surface area (Å²) in [4.78, 5) is 46.4. The number of ether oxygens (including phenoxy) is 1. The van der Waals surface area contributed by atoms with Crippen LogP contribution in [0.3, 0.4) is 0 Å². The minimum Gasteiger partial charge on any atom is -0.480 e. The largest absolute Gasteiger partial charge is 0.480 e. The van der Waals surface area contributed by atoms with Gasteiger partial charge in [0.1, 0.15) is 39.3 Å². The maximum absolute atomic E-state index is 14.7. The lowest BCUT2D eigenvalue weighted by Gasteiger charge is -2.42. The number of piperazine rings is 1. The van der Waals surface area contributed by atoms with Crippen molar-refractivity contribution in [3.8, 4) is 28.5 Å². The predicted octanol–water partition coefficient (Wildman–Crippen LogP) is 7.81. The number of alkyl halides is 5. The van der Waals surface area contributed by atoms with Crippen LogP contribution in [0, 0.1) is 10.8 Å². The topological polar surface area (TPSA) is 217 Å². The molecule has 3 fully saturated rings. The molecular formula is C47H51F5N14O4S2. The number of methoxy groups -OCH3 is 1. The molecule has 2 saturated carbocycles. The number of rotatable bonds is 16. The fourth-order valence-corrected chi connectivity index (χ4v) is 10.8. The number of nitrogens with zero attached hydrogens (tertiary/aromatic N) is 11. The molecule has 1 aliphatic heterocycles. The van der Waals surface area contributed by atoms with Crippen molar-refractivity contribution in [3.05, 3.63) is 90.4 Å². The second-order valence-electron chi connectivity index (χ2n) is 18.7. The number of carbonyl (C=O) groups excluding carboxylic acids is 1. The van der Waals surface area contributed by atoms with Crippen LogP contribution in [0.4, 0.5) is 33.5 Å². The SMILES string of the molecule is COc1ncnc(C2CC2)c1-c1cc(N(CC(=O)N2CCN(c3cc(S(=O)(=O)NC4(C)CC4)cn4c(C(=N)SC(=N)C(F)F)ncc34)C[C@@H]2C)Cc2ccc(-c3nc(C(F)(F)F)cn3C(C)C)cc2)ncn1. The lowest BCUT2D eigenvalue weighted by molar-refractivity contribution is -0.141. The molecule has 1 atom stereocenters. The number of nitrogens with one attached hydrogen (secondary N) is 3. The van der Waals surface area contributed by atoms with E-state index in [2.05, 4.69) is 34.6 Å². The van der Waals surface area contributed by atoms with Crippen molar-refractivity contribution in [1.29, 1.82) is 10.8 Å². The Morgan fingerprint density at radius 1 is 1.01 bits per heavy atom. The molecule has 6 aromatic rings. The molecule has 6 heterocycles. The molecule has 0 radical (unpaired) electrons. The van der Waals surface area contributed by atoms with Gasteiger partial charge in [0.2, 0.25) is 21.8 Å². The van der Waals surface area contributed by atoms with E-state index >= 15 is 0 Å². The second-order valence-corrected chi connectivity index (χ2v) is 21.5. The third-order valence-electron chi connectivity index (χ3n) is 12.9. The first-order valence-electron chi connectivity index (χ1n) is 23.1. The lowest BCUT2D eigenvalue weighted by atomic mass is 10.1. The van der Waals surface area contributed by atoms with Crippen LogP contribution >= 0.6 is 11.8 Å². The highest BCUT2D eigenvalue weighted by molar-refractivity contribution is 8.26. The minimum absolute atomic E-state index is 0.125. The van der Waals surface area contributed by atoms with Crippen LogP contribution in [-0.2, 0) is 27.5 Å². The lowest BCUT2D eigenvalue weighted by Crippen LogP contribution is -2.56. The maximum Gasteiger partial charge on any atom is 0.434 e. The van der Waals surface area contributed by atoms with Gasteiger partial charge in [-0.15, -0.1) is 0 Å². The number of anilines is 2. The molecule has 5 aromatic heterocycles. The van der Waals surface area contributed by atoms with Crippen molar-refractivity contribution >= 4 is 54.8 Å². The number of benzene rings is 1. The molecular weight excluding hydrogens is 984 g/mol. The molecule has 3 aliphatic rings. The van der Waals surface area contributed by atoms with E-state index in [1.807, 2.05) is 11.8 Å². The van der Waals surface area contributed by atoms with Gasteiger partial charge in [0.15, 0.2) is 11.5 Å². The summed E-state index contributed by atoms with van der Waals surface area (Å²) in [5.74, 6) is 0.693. The third-order valence-corrected chi connectivity index (χ3v) is 15.3. The summed E-state index contributed by atoms with van der Waals surface area (Å²) in [7, 11) is -2.62. The number of aromatic nitrogens is 8. The van der Waals surface area contributed by atoms with Crippen LogP contribution in [0.1, 0.15) is 88.1 Å². The number of imidazole rings is 2. The van der Waals surface area contributed by atoms with Crippen LogP contribution in [0.25, 0.3) is 28.2 Å². The number of amides is 1. The summed E-state index contributed by atoms with van der Waals surface area (Å²) in [6, 6.07) is 9.41. The Kier molecular flexibility index (Phi) is 13.6. The molecule has 18 nitrogen and oxygen atoms in total. The molecule has 9 rings (SSSR count). The summed E-state index contributed by atoms with van der Waals surface area (Å²) in [5.41, 5.74) is 2.25. The molecule has 0 bridgehead atoms. The summed E-state index contributed by atoms with van der Waals surface area (Å²) in [6.45, 7) is 7.83. The zero-order chi connectivity index (χ0) is 51.4. The normalized spacial score (nSPS) is 17.0. The maximum atomic E-state index is 14.7. The number of hydrogen-bond donors (Lipinski definition) is 3. The molecule has 3 N–H and O–H groups in total. The quantitative estimate of drug-likeness (QED) is 0.0480. The number of fused-ring (bicyclic) bond motifs is 1. The Balaban J connectivity index is 1.01. The van der Waals surface area contributed by atoms with Gasteiger partial charge in [0.05, 0.1) is 48.0 Å². The van der Waals surface area contributed by atoms with Crippen LogP contribution in [0.5, 0.6) is 5.88 Å². The van der Waals surface area contributed by atoms with Crippen LogP contribution in [0.15, 0.2) is 72.5 Å². The van der Waals surface area contributed by atoms with E-state index in [-0.39, 0.29) is 78.9 Å². The van der Waals surface area contributed by atoms with Gasteiger partial charge in [-0.25, -0.2) is 51.8 Å². The standard InChI is InChI=1S/C47H51F5N14O4S2/c1-26(2)65-22-35(47(50,51)52)60-43(65)30-8-6-28(7-9-30)20-63(36-17-32(56-24-57-36)38-39(29-10-11-29)58-25-59-45(38)70-5)23-37(67)64-15-14-62(19-27(64)3)33-16-31(72(68,69)61-46(4)12-13-46)21-66-34(33)18-55-44(66)42(54)71-41(53)40(48)49/h6-9,16-18,21-22,24-27,29,40,53-54,61H,10-15,19-20,23H2,1-5H3/t27-/m0/s1. The number of sulfonamides is 1. The van der Waals surface area contributed by atoms with Gasteiger partial charge in [-0.2, -0.15) is 13.2 Å². The number of hydrogen-bond acceptors (Lipinski definition) is 15. The highest BCUT2D eigenvalue weighted by Crippen LogP contribution is 2.45. The Hall–Kier alpha value is -6.60. The monoisotopic (exact) mass is 1030 g/mol. The summed E-state index contributed by atoms with van der Waals surface area (Å²) < 4.78 is 107. The Labute approximate surface area is 415 Å². The van der Waals surface area contributed by atoms with E-state index in [1.54, 1.807) is 60.9 Å². The number of thioether (sulfide) groups is 1. The predicted molar refractivity (Wildman–Crippen MR) is 260 cm³/mol. The minimum atomic E-state index is -4.63. The van der Waals surface area contributed by atoms with Crippen molar-refractivity contribution < 1.29 is 39.9 Å². The first kappa shape index (κ1) is 50.3. The molecule has 1 saturated heterocycles. The number of carbonyl (C=O) groups is 1. The number of halogens is 5. The van der Waals surface area contributed by atoms with E-state index in [9.17, 15) is 35.2 Å². The van der Waals surface area contributed by atoms with Crippen molar-refractivity contribution in [2.75, 3.05) is 43.1 Å². The average Bonchev–Trinajstić information content (AvgIpc) is 4.22. The van der Waals surface area contributed by atoms with E-state index < -0.39 is 50.0 Å². The van der Waals surface area contributed by atoms with Crippen LogP contribution in [-0.4, -0.2) is 119 Å². The Morgan fingerprint density at radius 3 is 2.38 bits per heavy atom.